The van der Waals surface area contributed by atoms with Crippen LogP contribution in [-0.2, 0) is 20.0 Å². The van der Waals surface area contributed by atoms with Gasteiger partial charge in [-0.15, -0.1) is 0 Å². The molecule has 1 heterocycles. The highest BCUT2D eigenvalue weighted by molar-refractivity contribution is 7.89. The molecule has 4 rings (SSSR count). The zero-order chi connectivity index (χ0) is 21.9. The number of hydrogen-bond acceptors (Lipinski definition) is 4. The second-order valence-corrected chi connectivity index (χ2v) is 10.8. The highest BCUT2D eigenvalue weighted by atomic mass is 32.2. The van der Waals surface area contributed by atoms with Gasteiger partial charge in [0.15, 0.2) is 0 Å². The summed E-state index contributed by atoms with van der Waals surface area (Å²) in [5.74, 6) is 0. The Labute approximate surface area is 183 Å². The van der Waals surface area contributed by atoms with Gasteiger partial charge in [0.05, 0.1) is 15.8 Å². The maximum Gasteiger partial charge on any atom is 0.243 e. The average molecular weight is 455 g/mol. The number of nitrogens with zero attached hydrogens (tertiary/aromatic N) is 1. The Balaban J connectivity index is 1.71. The third-order valence-corrected chi connectivity index (χ3v) is 8.45. The van der Waals surface area contributed by atoms with E-state index in [1.165, 1.54) is 28.6 Å². The second kappa shape index (κ2) is 8.76. The lowest BCUT2D eigenvalue weighted by Gasteiger charge is -2.33. The topological polar surface area (TPSA) is 83.6 Å². The molecule has 31 heavy (non-hydrogen) atoms. The van der Waals surface area contributed by atoms with Crippen molar-refractivity contribution in [2.45, 2.75) is 15.8 Å². The van der Waals surface area contributed by atoms with Crippen LogP contribution < -0.4 is 4.72 Å². The van der Waals surface area contributed by atoms with Crippen molar-refractivity contribution in [3.8, 4) is 0 Å². The molecule has 0 aliphatic carbocycles. The second-order valence-electron chi connectivity index (χ2n) is 7.15. The first-order valence-electron chi connectivity index (χ1n) is 9.76. The monoisotopic (exact) mass is 454 g/mol. The van der Waals surface area contributed by atoms with Crippen molar-refractivity contribution in [1.82, 2.24) is 9.03 Å². The van der Waals surface area contributed by atoms with Gasteiger partial charge in [0.1, 0.15) is 0 Å². The van der Waals surface area contributed by atoms with Gasteiger partial charge in [-0.25, -0.2) is 21.6 Å². The Morgan fingerprint density at radius 2 is 1.23 bits per heavy atom. The van der Waals surface area contributed by atoms with Crippen LogP contribution in [0.2, 0.25) is 0 Å². The van der Waals surface area contributed by atoms with Gasteiger partial charge >= 0.3 is 0 Å². The van der Waals surface area contributed by atoms with Gasteiger partial charge in [-0.1, -0.05) is 72.8 Å². The van der Waals surface area contributed by atoms with Crippen molar-refractivity contribution in [2.75, 3.05) is 13.1 Å². The summed E-state index contributed by atoms with van der Waals surface area (Å²) in [6.07, 6.45) is 1.78. The molecular weight excluding hydrogens is 432 g/mol. The smallest absolute Gasteiger partial charge is 0.207 e. The summed E-state index contributed by atoms with van der Waals surface area (Å²) in [6.45, 7) is 0.148. The normalized spacial score (nSPS) is 17.8. The maximum atomic E-state index is 13.1. The van der Waals surface area contributed by atoms with Crippen LogP contribution in [0.5, 0.6) is 0 Å². The maximum absolute atomic E-state index is 13.1. The molecule has 1 atom stereocenters. The lowest BCUT2D eigenvalue weighted by molar-refractivity contribution is 0.411. The molecule has 0 amide bonds. The van der Waals surface area contributed by atoms with Gasteiger partial charge < -0.3 is 0 Å². The minimum absolute atomic E-state index is 0.00990. The Morgan fingerprint density at radius 1 is 0.710 bits per heavy atom. The molecule has 0 radical (unpaired) electrons. The van der Waals surface area contributed by atoms with Crippen LogP contribution in [0.3, 0.4) is 0 Å². The number of sulfonamides is 2. The van der Waals surface area contributed by atoms with Crippen molar-refractivity contribution in [1.29, 1.82) is 0 Å². The fourth-order valence-electron chi connectivity index (χ4n) is 3.56. The summed E-state index contributed by atoms with van der Waals surface area (Å²) in [6, 6.07) is 24.9. The molecular formula is C23H22N2O4S2. The van der Waals surface area contributed by atoms with E-state index in [9.17, 15) is 16.8 Å². The third-order valence-electron chi connectivity index (χ3n) is 5.12. The zero-order valence-corrected chi connectivity index (χ0v) is 18.3. The van der Waals surface area contributed by atoms with Crippen molar-refractivity contribution < 1.29 is 16.8 Å². The van der Waals surface area contributed by atoms with E-state index in [0.29, 0.717) is 0 Å². The SMILES string of the molecule is O=S(=O)(NC1CN(S(=O)(=O)c2ccccc2)CC=C1c1ccccc1)c1ccccc1. The lowest BCUT2D eigenvalue weighted by Crippen LogP contribution is -2.49. The van der Waals surface area contributed by atoms with Crippen LogP contribution in [0.15, 0.2) is 107 Å². The van der Waals surface area contributed by atoms with E-state index in [1.54, 1.807) is 42.5 Å². The Kier molecular flexibility index (Phi) is 6.06. The van der Waals surface area contributed by atoms with Gasteiger partial charge in [0, 0.05) is 13.1 Å². The number of nitrogens with one attached hydrogen (secondary N) is 1. The minimum atomic E-state index is -3.85. The highest BCUT2D eigenvalue weighted by Gasteiger charge is 2.34. The van der Waals surface area contributed by atoms with Crippen LogP contribution >= 0.6 is 0 Å². The molecule has 0 saturated heterocycles. The fraction of sp³-hybridized carbons (Fsp3) is 0.130. The summed E-state index contributed by atoms with van der Waals surface area (Å²) in [5, 5.41) is 0. The molecule has 1 N–H and O–H groups in total. The molecule has 0 spiro atoms. The van der Waals surface area contributed by atoms with Gasteiger partial charge in [-0.3, -0.25) is 0 Å². The van der Waals surface area contributed by atoms with E-state index in [-0.39, 0.29) is 22.9 Å². The van der Waals surface area contributed by atoms with Crippen molar-refractivity contribution >= 4 is 25.6 Å². The molecule has 0 bridgehead atoms. The molecule has 0 saturated carbocycles. The molecule has 6 nitrogen and oxygen atoms in total. The Morgan fingerprint density at radius 3 is 1.81 bits per heavy atom. The van der Waals surface area contributed by atoms with E-state index < -0.39 is 26.1 Å². The summed E-state index contributed by atoms with van der Waals surface area (Å²) in [4.78, 5) is 0.307. The predicted molar refractivity (Wildman–Crippen MR) is 120 cm³/mol. The lowest BCUT2D eigenvalue weighted by atomic mass is 9.96. The van der Waals surface area contributed by atoms with Crippen molar-refractivity contribution in [3.05, 3.63) is 103 Å². The quantitative estimate of drug-likeness (QED) is 0.620. The molecule has 0 fully saturated rings. The summed E-state index contributed by atoms with van der Waals surface area (Å²) in [7, 11) is -7.61. The van der Waals surface area contributed by atoms with Gasteiger partial charge in [-0.2, -0.15) is 4.31 Å². The van der Waals surface area contributed by atoms with Gasteiger partial charge in [0.2, 0.25) is 20.0 Å². The molecule has 1 unspecified atom stereocenters. The largest absolute Gasteiger partial charge is 0.243 e. The average Bonchev–Trinajstić information content (AvgIpc) is 2.80. The molecule has 1 aliphatic rings. The van der Waals surface area contributed by atoms with Gasteiger partial charge in [0.25, 0.3) is 0 Å². The van der Waals surface area contributed by atoms with E-state index >= 15 is 0 Å². The number of rotatable bonds is 6. The van der Waals surface area contributed by atoms with E-state index in [4.69, 9.17) is 0 Å². The first kappa shape index (κ1) is 21.5. The standard InChI is InChI=1S/C23H22N2O4S2/c26-30(27,20-12-6-2-7-13-20)24-23-18-25(31(28,29)21-14-8-3-9-15-21)17-16-22(23)19-10-4-1-5-11-19/h1-16,23-24H,17-18H2. The molecule has 1 aliphatic heterocycles. The Bertz CT molecular complexity index is 1280. The first-order valence-corrected chi connectivity index (χ1v) is 12.7. The van der Waals surface area contributed by atoms with Gasteiger partial charge in [-0.05, 0) is 35.4 Å². The fourth-order valence-corrected chi connectivity index (χ4v) is 6.21. The molecule has 160 valence electrons. The van der Waals surface area contributed by atoms with E-state index in [1.807, 2.05) is 30.3 Å². The summed E-state index contributed by atoms with van der Waals surface area (Å²) in [5.41, 5.74) is 1.60. The van der Waals surface area contributed by atoms with Crippen LogP contribution in [0.1, 0.15) is 5.56 Å². The number of hydrogen-bond donors (Lipinski definition) is 1. The van der Waals surface area contributed by atoms with Crippen LogP contribution in [0.25, 0.3) is 5.57 Å². The van der Waals surface area contributed by atoms with Crippen molar-refractivity contribution in [2.24, 2.45) is 0 Å². The van der Waals surface area contributed by atoms with Crippen LogP contribution in [0, 0.1) is 0 Å². The zero-order valence-electron chi connectivity index (χ0n) is 16.6. The minimum Gasteiger partial charge on any atom is -0.207 e. The summed E-state index contributed by atoms with van der Waals surface area (Å²) >= 11 is 0. The first-order chi connectivity index (χ1) is 14.9. The van der Waals surface area contributed by atoms with Crippen LogP contribution in [0.4, 0.5) is 0 Å². The molecule has 8 heteroatoms. The van der Waals surface area contributed by atoms with Crippen LogP contribution in [-0.4, -0.2) is 40.3 Å². The Hall–Kier alpha value is -2.78. The summed E-state index contributed by atoms with van der Waals surface area (Å²) < 4.78 is 56.3. The number of benzene rings is 3. The highest BCUT2D eigenvalue weighted by Crippen LogP contribution is 2.27. The van der Waals surface area contributed by atoms with E-state index in [0.717, 1.165) is 11.1 Å². The molecule has 3 aromatic rings. The predicted octanol–water partition coefficient (Wildman–Crippen LogP) is 3.12. The molecule has 0 aromatic heterocycles. The van der Waals surface area contributed by atoms with Crippen molar-refractivity contribution in [3.63, 3.8) is 0 Å². The molecule has 3 aromatic carbocycles. The third kappa shape index (κ3) is 4.62. The van der Waals surface area contributed by atoms with E-state index in [2.05, 4.69) is 4.72 Å².